The standard InChI is InChI=1S/C14H12BrFN2O2/c15-9-1-2-11(16)10(6-9)13-12-5-8(14(19)20)3-4-18(12)7-17-13/h1-2,6-8H,3-5H2,(H,19,20). The number of carbonyl (C=O) groups is 1. The third-order valence-electron chi connectivity index (χ3n) is 3.64. The molecule has 0 saturated heterocycles. The molecule has 3 rings (SSSR count). The lowest BCUT2D eigenvalue weighted by atomic mass is 9.94. The zero-order chi connectivity index (χ0) is 14.3. The molecule has 2 heterocycles. The molecule has 6 heteroatoms. The second kappa shape index (κ2) is 5.01. The maximum Gasteiger partial charge on any atom is 0.306 e. The topological polar surface area (TPSA) is 55.1 Å². The van der Waals surface area contributed by atoms with Crippen molar-refractivity contribution in [2.45, 2.75) is 19.4 Å². The first kappa shape index (κ1) is 13.3. The van der Waals surface area contributed by atoms with E-state index >= 15 is 0 Å². The number of carboxylic acids is 1. The van der Waals surface area contributed by atoms with Crippen molar-refractivity contribution in [3.8, 4) is 11.3 Å². The van der Waals surface area contributed by atoms with Gasteiger partial charge in [-0.25, -0.2) is 9.37 Å². The number of fused-ring (bicyclic) bond motifs is 1. The number of aliphatic carboxylic acids is 1. The Morgan fingerprint density at radius 1 is 1.50 bits per heavy atom. The van der Waals surface area contributed by atoms with Gasteiger partial charge in [-0.15, -0.1) is 0 Å². The molecule has 0 aliphatic carbocycles. The van der Waals surface area contributed by atoms with Crippen LogP contribution in [0.2, 0.25) is 0 Å². The summed E-state index contributed by atoms with van der Waals surface area (Å²) in [7, 11) is 0. The first-order chi connectivity index (χ1) is 9.56. The van der Waals surface area contributed by atoms with Crippen LogP contribution in [-0.4, -0.2) is 20.6 Å². The quantitative estimate of drug-likeness (QED) is 0.915. The van der Waals surface area contributed by atoms with Crippen LogP contribution in [0.3, 0.4) is 0 Å². The van der Waals surface area contributed by atoms with Crippen LogP contribution in [-0.2, 0) is 17.8 Å². The number of halogens is 2. The third kappa shape index (κ3) is 2.24. The van der Waals surface area contributed by atoms with Gasteiger partial charge in [-0.3, -0.25) is 4.79 Å². The number of hydrogen-bond acceptors (Lipinski definition) is 2. The van der Waals surface area contributed by atoms with Crippen molar-refractivity contribution in [2.24, 2.45) is 5.92 Å². The van der Waals surface area contributed by atoms with Gasteiger partial charge in [0.05, 0.1) is 17.9 Å². The molecule has 2 aromatic rings. The minimum atomic E-state index is -0.807. The number of aryl methyl sites for hydroxylation is 1. The molecule has 0 spiro atoms. The predicted molar refractivity (Wildman–Crippen MR) is 74.8 cm³/mol. The number of hydrogen-bond donors (Lipinski definition) is 1. The Bertz CT molecular complexity index is 684. The highest BCUT2D eigenvalue weighted by atomic mass is 79.9. The molecule has 0 amide bonds. The largest absolute Gasteiger partial charge is 0.481 e. The first-order valence-corrected chi connectivity index (χ1v) is 7.08. The van der Waals surface area contributed by atoms with E-state index < -0.39 is 11.9 Å². The average molecular weight is 339 g/mol. The molecule has 1 aliphatic rings. The summed E-state index contributed by atoms with van der Waals surface area (Å²) in [5.41, 5.74) is 1.73. The molecule has 104 valence electrons. The summed E-state index contributed by atoms with van der Waals surface area (Å²) in [6.07, 6.45) is 2.62. The van der Waals surface area contributed by atoms with E-state index in [-0.39, 0.29) is 5.82 Å². The van der Waals surface area contributed by atoms with Gasteiger partial charge in [0, 0.05) is 28.7 Å². The van der Waals surface area contributed by atoms with E-state index in [0.29, 0.717) is 30.6 Å². The number of aromatic nitrogens is 2. The Hall–Kier alpha value is -1.69. The monoisotopic (exact) mass is 338 g/mol. The van der Waals surface area contributed by atoms with Crippen LogP contribution in [0, 0.1) is 11.7 Å². The van der Waals surface area contributed by atoms with Crippen molar-refractivity contribution in [3.05, 3.63) is 40.5 Å². The number of carboxylic acid groups (broad SMARTS) is 1. The van der Waals surface area contributed by atoms with E-state index in [1.807, 2.05) is 4.57 Å². The van der Waals surface area contributed by atoms with Crippen molar-refractivity contribution in [1.29, 1.82) is 0 Å². The first-order valence-electron chi connectivity index (χ1n) is 6.28. The molecule has 0 bridgehead atoms. The number of benzene rings is 1. The van der Waals surface area contributed by atoms with Crippen molar-refractivity contribution < 1.29 is 14.3 Å². The second-order valence-electron chi connectivity index (χ2n) is 4.89. The molecule has 1 unspecified atom stereocenters. The Balaban J connectivity index is 2.07. The maximum absolute atomic E-state index is 14.0. The Morgan fingerprint density at radius 3 is 3.05 bits per heavy atom. The zero-order valence-corrected chi connectivity index (χ0v) is 12.1. The van der Waals surface area contributed by atoms with Crippen molar-refractivity contribution >= 4 is 21.9 Å². The molecule has 20 heavy (non-hydrogen) atoms. The van der Waals surface area contributed by atoms with Crippen LogP contribution in [0.25, 0.3) is 11.3 Å². The van der Waals surface area contributed by atoms with Gasteiger partial charge in [0.15, 0.2) is 0 Å². The lowest BCUT2D eigenvalue weighted by Gasteiger charge is -2.21. The van der Waals surface area contributed by atoms with E-state index in [2.05, 4.69) is 20.9 Å². The third-order valence-corrected chi connectivity index (χ3v) is 4.13. The van der Waals surface area contributed by atoms with Gasteiger partial charge in [-0.2, -0.15) is 0 Å². The van der Waals surface area contributed by atoms with E-state index in [1.165, 1.54) is 6.07 Å². The lowest BCUT2D eigenvalue weighted by molar-refractivity contribution is -0.142. The van der Waals surface area contributed by atoms with Gasteiger partial charge in [-0.1, -0.05) is 15.9 Å². The number of rotatable bonds is 2. The van der Waals surface area contributed by atoms with E-state index in [9.17, 15) is 9.18 Å². The molecule has 0 saturated carbocycles. The van der Waals surface area contributed by atoms with E-state index in [0.717, 1.165) is 10.2 Å². The molecule has 1 atom stereocenters. The van der Waals surface area contributed by atoms with Gasteiger partial charge < -0.3 is 9.67 Å². The molecule has 1 aromatic carbocycles. The fourth-order valence-electron chi connectivity index (χ4n) is 2.56. The zero-order valence-electron chi connectivity index (χ0n) is 10.5. The van der Waals surface area contributed by atoms with Gasteiger partial charge in [0.25, 0.3) is 0 Å². The van der Waals surface area contributed by atoms with Gasteiger partial charge in [0.2, 0.25) is 0 Å². The average Bonchev–Trinajstić information content (AvgIpc) is 2.84. The normalized spacial score (nSPS) is 17.8. The van der Waals surface area contributed by atoms with Crippen LogP contribution < -0.4 is 0 Å². The van der Waals surface area contributed by atoms with Crippen LogP contribution in [0.1, 0.15) is 12.1 Å². The van der Waals surface area contributed by atoms with Gasteiger partial charge in [-0.05, 0) is 24.6 Å². The summed E-state index contributed by atoms with van der Waals surface area (Å²) in [6.45, 7) is 0.606. The van der Waals surface area contributed by atoms with Crippen LogP contribution in [0.4, 0.5) is 4.39 Å². The molecular formula is C14H12BrFN2O2. The smallest absolute Gasteiger partial charge is 0.306 e. The summed E-state index contributed by atoms with van der Waals surface area (Å²) < 4.78 is 16.6. The lowest BCUT2D eigenvalue weighted by Crippen LogP contribution is -2.25. The highest BCUT2D eigenvalue weighted by Gasteiger charge is 2.28. The second-order valence-corrected chi connectivity index (χ2v) is 5.80. The van der Waals surface area contributed by atoms with Crippen molar-refractivity contribution in [1.82, 2.24) is 9.55 Å². The van der Waals surface area contributed by atoms with Crippen LogP contribution >= 0.6 is 15.9 Å². The molecule has 1 aromatic heterocycles. The molecule has 1 aliphatic heterocycles. The Kier molecular flexibility index (Phi) is 3.33. The number of imidazole rings is 1. The Labute approximate surface area is 123 Å². The van der Waals surface area contributed by atoms with Crippen LogP contribution in [0.15, 0.2) is 29.0 Å². The fourth-order valence-corrected chi connectivity index (χ4v) is 2.92. The molecule has 0 fully saturated rings. The minimum Gasteiger partial charge on any atom is -0.481 e. The molecular weight excluding hydrogens is 327 g/mol. The highest BCUT2D eigenvalue weighted by Crippen LogP contribution is 2.32. The van der Waals surface area contributed by atoms with E-state index in [4.69, 9.17) is 5.11 Å². The minimum absolute atomic E-state index is 0.354. The highest BCUT2D eigenvalue weighted by molar-refractivity contribution is 9.10. The number of nitrogens with zero attached hydrogens (tertiary/aromatic N) is 2. The summed E-state index contributed by atoms with van der Waals surface area (Å²) >= 11 is 3.32. The summed E-state index contributed by atoms with van der Waals surface area (Å²) in [4.78, 5) is 15.4. The van der Waals surface area contributed by atoms with Crippen molar-refractivity contribution in [3.63, 3.8) is 0 Å². The molecule has 4 nitrogen and oxygen atoms in total. The maximum atomic E-state index is 14.0. The Morgan fingerprint density at radius 2 is 2.30 bits per heavy atom. The van der Waals surface area contributed by atoms with Crippen molar-refractivity contribution in [2.75, 3.05) is 0 Å². The fraction of sp³-hybridized carbons (Fsp3) is 0.286. The predicted octanol–water partition coefficient (Wildman–Crippen LogP) is 3.10. The summed E-state index contributed by atoms with van der Waals surface area (Å²) in [5, 5.41) is 9.15. The SMILES string of the molecule is O=C(O)C1CCn2cnc(-c3cc(Br)ccc3F)c2C1. The van der Waals surface area contributed by atoms with Gasteiger partial charge >= 0.3 is 5.97 Å². The molecule has 0 radical (unpaired) electrons. The van der Waals surface area contributed by atoms with Gasteiger partial charge in [0.1, 0.15) is 5.82 Å². The summed E-state index contributed by atoms with van der Waals surface area (Å²) in [6, 6.07) is 4.67. The summed E-state index contributed by atoms with van der Waals surface area (Å²) in [5.74, 6) is -1.58. The molecule has 1 N–H and O–H groups in total. The van der Waals surface area contributed by atoms with Crippen LogP contribution in [0.5, 0.6) is 0 Å². The van der Waals surface area contributed by atoms with E-state index in [1.54, 1.807) is 18.5 Å².